The van der Waals surface area contributed by atoms with Crippen molar-refractivity contribution in [1.82, 2.24) is 10.2 Å². The third kappa shape index (κ3) is 3.46. The Morgan fingerprint density at radius 2 is 1.69 bits per heavy atom. The summed E-state index contributed by atoms with van der Waals surface area (Å²) in [4.78, 5) is 2.76. The SMILES string of the molecule is CC(C)CC1CCN(C2CCNCC2)CC1. The smallest absolute Gasteiger partial charge is 0.0119 e. The highest BCUT2D eigenvalue weighted by Crippen LogP contribution is 2.26. The first kappa shape index (κ1) is 12.4. The quantitative estimate of drug-likeness (QED) is 0.792. The molecule has 0 aromatic rings. The molecule has 2 aliphatic rings. The van der Waals surface area contributed by atoms with Crippen LogP contribution >= 0.6 is 0 Å². The van der Waals surface area contributed by atoms with Crippen molar-refractivity contribution >= 4 is 0 Å². The van der Waals surface area contributed by atoms with Crippen LogP contribution in [0.25, 0.3) is 0 Å². The van der Waals surface area contributed by atoms with Gasteiger partial charge in [0.2, 0.25) is 0 Å². The second-order valence-corrected chi connectivity index (χ2v) is 6.09. The van der Waals surface area contributed by atoms with E-state index in [2.05, 4.69) is 24.1 Å². The highest BCUT2D eigenvalue weighted by molar-refractivity contribution is 4.82. The molecule has 0 aromatic heterocycles. The Hall–Kier alpha value is -0.0800. The summed E-state index contributed by atoms with van der Waals surface area (Å²) in [7, 11) is 0. The van der Waals surface area contributed by atoms with Crippen LogP contribution in [0.15, 0.2) is 0 Å². The van der Waals surface area contributed by atoms with Gasteiger partial charge in [0.15, 0.2) is 0 Å². The average molecular weight is 224 g/mol. The first-order valence-electron chi connectivity index (χ1n) is 7.20. The second-order valence-electron chi connectivity index (χ2n) is 6.09. The summed E-state index contributed by atoms with van der Waals surface area (Å²) >= 11 is 0. The van der Waals surface area contributed by atoms with Crippen LogP contribution in [-0.4, -0.2) is 37.1 Å². The van der Waals surface area contributed by atoms with Crippen molar-refractivity contribution in [2.45, 2.75) is 52.0 Å². The Labute approximate surface area is 101 Å². The van der Waals surface area contributed by atoms with E-state index in [0.29, 0.717) is 0 Å². The number of nitrogens with zero attached hydrogens (tertiary/aromatic N) is 1. The number of rotatable bonds is 3. The normalized spacial score (nSPS) is 26.4. The molecule has 1 N–H and O–H groups in total. The van der Waals surface area contributed by atoms with Crippen molar-refractivity contribution in [3.8, 4) is 0 Å². The Kier molecular flexibility index (Phi) is 4.66. The molecule has 2 rings (SSSR count). The molecule has 94 valence electrons. The molecule has 0 atom stereocenters. The largest absolute Gasteiger partial charge is 0.317 e. The molecule has 0 aliphatic carbocycles. The Morgan fingerprint density at radius 1 is 1.06 bits per heavy atom. The van der Waals surface area contributed by atoms with Crippen molar-refractivity contribution in [3.05, 3.63) is 0 Å². The van der Waals surface area contributed by atoms with Gasteiger partial charge in [0.1, 0.15) is 0 Å². The second kappa shape index (κ2) is 6.02. The lowest BCUT2D eigenvalue weighted by atomic mass is 9.87. The minimum Gasteiger partial charge on any atom is -0.317 e. The van der Waals surface area contributed by atoms with Crippen molar-refractivity contribution in [2.75, 3.05) is 26.2 Å². The topological polar surface area (TPSA) is 15.3 Å². The molecule has 0 spiro atoms. The number of hydrogen-bond donors (Lipinski definition) is 1. The maximum Gasteiger partial charge on any atom is 0.0119 e. The van der Waals surface area contributed by atoms with E-state index in [1.54, 1.807) is 0 Å². The van der Waals surface area contributed by atoms with Crippen LogP contribution in [0.1, 0.15) is 46.0 Å². The van der Waals surface area contributed by atoms with Gasteiger partial charge in [-0.15, -0.1) is 0 Å². The fourth-order valence-corrected chi connectivity index (χ4v) is 3.39. The van der Waals surface area contributed by atoms with Gasteiger partial charge in [-0.3, -0.25) is 0 Å². The molecule has 2 heteroatoms. The highest BCUT2D eigenvalue weighted by atomic mass is 15.2. The third-order valence-electron chi connectivity index (χ3n) is 4.28. The molecule has 0 amide bonds. The van der Waals surface area contributed by atoms with Crippen molar-refractivity contribution < 1.29 is 0 Å². The summed E-state index contributed by atoms with van der Waals surface area (Å²) in [6.07, 6.45) is 7.08. The lowest BCUT2D eigenvalue weighted by Crippen LogP contribution is -2.46. The van der Waals surface area contributed by atoms with E-state index in [4.69, 9.17) is 0 Å². The lowest BCUT2D eigenvalue weighted by Gasteiger charge is -2.39. The van der Waals surface area contributed by atoms with Gasteiger partial charge in [0.05, 0.1) is 0 Å². The van der Waals surface area contributed by atoms with Crippen molar-refractivity contribution in [1.29, 1.82) is 0 Å². The maximum atomic E-state index is 3.46. The van der Waals surface area contributed by atoms with Crippen LogP contribution < -0.4 is 5.32 Å². The molecule has 2 heterocycles. The zero-order valence-electron chi connectivity index (χ0n) is 11.0. The number of hydrogen-bond acceptors (Lipinski definition) is 2. The van der Waals surface area contributed by atoms with Gasteiger partial charge in [-0.2, -0.15) is 0 Å². The summed E-state index contributed by atoms with van der Waals surface area (Å²) in [6, 6.07) is 0.890. The number of piperidine rings is 2. The van der Waals surface area contributed by atoms with Crippen LogP contribution in [0.4, 0.5) is 0 Å². The van der Waals surface area contributed by atoms with Crippen molar-refractivity contribution in [3.63, 3.8) is 0 Å². The van der Waals surface area contributed by atoms with Gasteiger partial charge in [-0.25, -0.2) is 0 Å². The first-order valence-corrected chi connectivity index (χ1v) is 7.20. The van der Waals surface area contributed by atoms with Gasteiger partial charge in [-0.05, 0) is 70.1 Å². The Balaban J connectivity index is 1.71. The van der Waals surface area contributed by atoms with Crippen molar-refractivity contribution in [2.24, 2.45) is 11.8 Å². The third-order valence-corrected chi connectivity index (χ3v) is 4.28. The molecule has 2 nitrogen and oxygen atoms in total. The van der Waals surface area contributed by atoms with Gasteiger partial charge in [-0.1, -0.05) is 13.8 Å². The molecule has 2 aliphatic heterocycles. The van der Waals surface area contributed by atoms with Gasteiger partial charge >= 0.3 is 0 Å². The standard InChI is InChI=1S/C14H28N2/c1-12(2)11-13-5-9-16(10-6-13)14-3-7-15-8-4-14/h12-15H,3-11H2,1-2H3. The average Bonchev–Trinajstić information content (AvgIpc) is 2.30. The summed E-state index contributed by atoms with van der Waals surface area (Å²) < 4.78 is 0. The van der Waals surface area contributed by atoms with E-state index in [1.165, 1.54) is 58.3 Å². The van der Waals surface area contributed by atoms with Gasteiger partial charge in [0, 0.05) is 6.04 Å². The molecular formula is C14H28N2. The number of likely N-dealkylation sites (tertiary alicyclic amines) is 1. The van der Waals surface area contributed by atoms with E-state index < -0.39 is 0 Å². The molecule has 0 unspecified atom stereocenters. The minimum absolute atomic E-state index is 0.885. The summed E-state index contributed by atoms with van der Waals surface area (Å²) in [5.41, 5.74) is 0. The zero-order chi connectivity index (χ0) is 11.4. The Bertz CT molecular complexity index is 189. The molecular weight excluding hydrogens is 196 g/mol. The lowest BCUT2D eigenvalue weighted by molar-refractivity contribution is 0.104. The van der Waals surface area contributed by atoms with Gasteiger partial charge in [0.25, 0.3) is 0 Å². The summed E-state index contributed by atoms with van der Waals surface area (Å²) in [5.74, 6) is 1.90. The fourth-order valence-electron chi connectivity index (χ4n) is 3.39. The van der Waals surface area contributed by atoms with Crippen LogP contribution in [0.5, 0.6) is 0 Å². The molecule has 0 saturated carbocycles. The van der Waals surface area contributed by atoms with E-state index in [1.807, 2.05) is 0 Å². The van der Waals surface area contributed by atoms with Gasteiger partial charge < -0.3 is 10.2 Å². The van der Waals surface area contributed by atoms with E-state index in [9.17, 15) is 0 Å². The zero-order valence-corrected chi connectivity index (χ0v) is 11.0. The predicted octanol–water partition coefficient (Wildman–Crippen LogP) is 2.50. The summed E-state index contributed by atoms with van der Waals surface area (Å²) in [6.45, 7) is 9.91. The van der Waals surface area contributed by atoms with E-state index >= 15 is 0 Å². The van der Waals surface area contributed by atoms with E-state index in [0.717, 1.165) is 17.9 Å². The molecule has 0 aromatic carbocycles. The molecule has 0 radical (unpaired) electrons. The first-order chi connectivity index (χ1) is 7.75. The van der Waals surface area contributed by atoms with Crippen LogP contribution in [-0.2, 0) is 0 Å². The Morgan fingerprint density at radius 3 is 2.25 bits per heavy atom. The minimum atomic E-state index is 0.885. The molecule has 0 bridgehead atoms. The molecule has 16 heavy (non-hydrogen) atoms. The van der Waals surface area contributed by atoms with Crippen LogP contribution in [0.2, 0.25) is 0 Å². The fraction of sp³-hybridized carbons (Fsp3) is 1.00. The van der Waals surface area contributed by atoms with Crippen LogP contribution in [0.3, 0.4) is 0 Å². The number of nitrogens with one attached hydrogen (secondary N) is 1. The maximum absolute atomic E-state index is 3.46. The molecule has 2 saturated heterocycles. The van der Waals surface area contributed by atoms with E-state index in [-0.39, 0.29) is 0 Å². The predicted molar refractivity (Wildman–Crippen MR) is 69.6 cm³/mol. The molecule has 2 fully saturated rings. The highest BCUT2D eigenvalue weighted by Gasteiger charge is 2.26. The monoisotopic (exact) mass is 224 g/mol. The van der Waals surface area contributed by atoms with Crippen LogP contribution in [0, 0.1) is 11.8 Å². The summed E-state index contributed by atoms with van der Waals surface area (Å²) in [5, 5.41) is 3.46.